The van der Waals surface area contributed by atoms with E-state index >= 15 is 0 Å². The van der Waals surface area contributed by atoms with Crippen molar-refractivity contribution in [2.45, 2.75) is 38.8 Å². The second-order valence-corrected chi connectivity index (χ2v) is 8.07. The molecule has 2 aromatic carbocycles. The molecule has 1 fully saturated rings. The lowest BCUT2D eigenvalue weighted by Crippen LogP contribution is -2.58. The second-order valence-electron chi connectivity index (χ2n) is 8.07. The van der Waals surface area contributed by atoms with Crippen LogP contribution in [-0.4, -0.2) is 39.4 Å². The quantitative estimate of drug-likeness (QED) is 0.640. The standard InChI is InChI=1S/C22H25N5O/c1-14-7-8-18-20(15(14)2)25-19(23-18)13-27-11-9-22(10-12-27)21(28)24-16-5-3-4-6-17(16)26-22/h3-8,26H,9-13H2,1-2H3,(H,23,25)(H,24,28). The number of hydrogen-bond donors (Lipinski definition) is 3. The van der Waals surface area contributed by atoms with Gasteiger partial charge in [0.1, 0.15) is 11.4 Å². The molecule has 1 aromatic heterocycles. The molecule has 1 spiro atoms. The monoisotopic (exact) mass is 375 g/mol. The van der Waals surface area contributed by atoms with E-state index in [-0.39, 0.29) is 5.91 Å². The van der Waals surface area contributed by atoms with E-state index in [9.17, 15) is 4.79 Å². The fourth-order valence-corrected chi connectivity index (χ4v) is 4.35. The minimum absolute atomic E-state index is 0.0840. The van der Waals surface area contributed by atoms with Crippen molar-refractivity contribution in [3.05, 3.63) is 53.3 Å². The Morgan fingerprint density at radius 3 is 2.61 bits per heavy atom. The first-order valence-electron chi connectivity index (χ1n) is 9.90. The van der Waals surface area contributed by atoms with Gasteiger partial charge < -0.3 is 15.6 Å². The molecule has 0 atom stereocenters. The number of imidazole rings is 1. The first-order chi connectivity index (χ1) is 13.5. The SMILES string of the molecule is Cc1ccc2[nH]c(CN3CCC4(CC3)Nc3ccccc3NC4=O)nc2c1C. The zero-order chi connectivity index (χ0) is 19.3. The third-order valence-electron chi connectivity index (χ3n) is 6.29. The van der Waals surface area contributed by atoms with Crippen molar-refractivity contribution < 1.29 is 4.79 Å². The lowest BCUT2D eigenvalue weighted by atomic mass is 9.84. The van der Waals surface area contributed by atoms with E-state index in [0.717, 1.165) is 60.7 Å². The maximum Gasteiger partial charge on any atom is 0.250 e. The molecule has 0 unspecified atom stereocenters. The Morgan fingerprint density at radius 1 is 1.07 bits per heavy atom. The van der Waals surface area contributed by atoms with Gasteiger partial charge in [0.25, 0.3) is 0 Å². The lowest BCUT2D eigenvalue weighted by molar-refractivity contribution is -0.122. The maximum absolute atomic E-state index is 12.8. The number of aryl methyl sites for hydroxylation is 2. The van der Waals surface area contributed by atoms with E-state index in [1.807, 2.05) is 24.3 Å². The highest BCUT2D eigenvalue weighted by molar-refractivity contribution is 6.06. The third kappa shape index (κ3) is 2.76. The number of aromatic nitrogens is 2. The van der Waals surface area contributed by atoms with Gasteiger partial charge in [-0.2, -0.15) is 0 Å². The summed E-state index contributed by atoms with van der Waals surface area (Å²) in [4.78, 5) is 23.4. The van der Waals surface area contributed by atoms with Crippen LogP contribution < -0.4 is 10.6 Å². The smallest absolute Gasteiger partial charge is 0.250 e. The Morgan fingerprint density at radius 2 is 1.82 bits per heavy atom. The average molecular weight is 375 g/mol. The molecule has 2 aliphatic heterocycles. The van der Waals surface area contributed by atoms with Gasteiger partial charge in [-0.15, -0.1) is 0 Å². The highest BCUT2D eigenvalue weighted by atomic mass is 16.2. The van der Waals surface area contributed by atoms with Crippen LogP contribution in [0.1, 0.15) is 29.8 Å². The summed E-state index contributed by atoms with van der Waals surface area (Å²) in [6, 6.07) is 12.1. The van der Waals surface area contributed by atoms with Crippen molar-refractivity contribution in [1.29, 1.82) is 0 Å². The molecule has 0 radical (unpaired) electrons. The molecule has 1 saturated heterocycles. The van der Waals surface area contributed by atoms with Crippen LogP contribution in [0, 0.1) is 13.8 Å². The minimum atomic E-state index is -0.508. The van der Waals surface area contributed by atoms with Crippen LogP contribution in [0.5, 0.6) is 0 Å². The molecule has 6 heteroatoms. The molecule has 3 N–H and O–H groups in total. The summed E-state index contributed by atoms with van der Waals surface area (Å²) in [5.41, 5.74) is 6.03. The van der Waals surface area contributed by atoms with E-state index in [0.29, 0.717) is 0 Å². The minimum Gasteiger partial charge on any atom is -0.369 e. The maximum atomic E-state index is 12.8. The molecule has 3 aromatic rings. The Bertz CT molecular complexity index is 1060. The Kier molecular flexibility index (Phi) is 3.91. The van der Waals surface area contributed by atoms with Gasteiger partial charge in [0.05, 0.1) is 29.0 Å². The molecule has 144 valence electrons. The van der Waals surface area contributed by atoms with E-state index in [1.165, 1.54) is 11.1 Å². The predicted molar refractivity (Wildman–Crippen MR) is 112 cm³/mol. The second kappa shape index (κ2) is 6.34. The predicted octanol–water partition coefficient (Wildman–Crippen LogP) is 3.58. The molecule has 28 heavy (non-hydrogen) atoms. The lowest BCUT2D eigenvalue weighted by Gasteiger charge is -2.44. The van der Waals surface area contributed by atoms with Crippen molar-refractivity contribution in [2.24, 2.45) is 0 Å². The Balaban J connectivity index is 1.30. The van der Waals surface area contributed by atoms with E-state index in [4.69, 9.17) is 4.98 Å². The van der Waals surface area contributed by atoms with Gasteiger partial charge in [0, 0.05) is 13.1 Å². The highest BCUT2D eigenvalue weighted by Gasteiger charge is 2.44. The number of H-pyrrole nitrogens is 1. The molecule has 1 amide bonds. The number of hydrogen-bond acceptors (Lipinski definition) is 4. The zero-order valence-electron chi connectivity index (χ0n) is 16.3. The summed E-state index contributed by atoms with van der Waals surface area (Å²) in [6.45, 7) is 6.74. The number of fused-ring (bicyclic) bond motifs is 2. The number of piperidine rings is 1. The third-order valence-corrected chi connectivity index (χ3v) is 6.29. The van der Waals surface area contributed by atoms with E-state index in [1.54, 1.807) is 0 Å². The number of anilines is 2. The summed E-state index contributed by atoms with van der Waals surface area (Å²) in [5, 5.41) is 6.60. The van der Waals surface area contributed by atoms with Crippen LogP contribution in [0.25, 0.3) is 11.0 Å². The fourth-order valence-electron chi connectivity index (χ4n) is 4.35. The van der Waals surface area contributed by atoms with Crippen molar-refractivity contribution in [1.82, 2.24) is 14.9 Å². The summed E-state index contributed by atoms with van der Waals surface area (Å²) < 4.78 is 0. The van der Waals surface area contributed by atoms with Gasteiger partial charge in [0.2, 0.25) is 5.91 Å². The number of rotatable bonds is 2. The van der Waals surface area contributed by atoms with Crippen LogP contribution >= 0.6 is 0 Å². The first kappa shape index (κ1) is 17.3. The number of nitrogens with zero attached hydrogens (tertiary/aromatic N) is 2. The van der Waals surface area contributed by atoms with Crippen LogP contribution in [-0.2, 0) is 11.3 Å². The highest BCUT2D eigenvalue weighted by Crippen LogP contribution is 2.36. The van der Waals surface area contributed by atoms with Crippen molar-refractivity contribution in [3.63, 3.8) is 0 Å². The molecule has 2 aliphatic rings. The van der Waals surface area contributed by atoms with Gasteiger partial charge >= 0.3 is 0 Å². The number of aromatic amines is 1. The topological polar surface area (TPSA) is 73.1 Å². The number of carbonyl (C=O) groups excluding carboxylic acids is 1. The molecular weight excluding hydrogens is 350 g/mol. The molecular formula is C22H25N5O. The number of nitrogens with one attached hydrogen (secondary N) is 3. The average Bonchev–Trinajstić information content (AvgIpc) is 3.11. The summed E-state index contributed by atoms with van der Waals surface area (Å²) in [5.74, 6) is 1.08. The summed E-state index contributed by atoms with van der Waals surface area (Å²) in [7, 11) is 0. The van der Waals surface area contributed by atoms with Gasteiger partial charge in [-0.1, -0.05) is 18.2 Å². The number of benzene rings is 2. The van der Waals surface area contributed by atoms with Crippen molar-refractivity contribution >= 4 is 28.3 Å². The molecule has 0 saturated carbocycles. The molecule has 0 bridgehead atoms. The summed E-state index contributed by atoms with van der Waals surface area (Å²) in [6.07, 6.45) is 1.57. The Hall–Kier alpha value is -2.86. The number of amides is 1. The zero-order valence-corrected chi connectivity index (χ0v) is 16.3. The number of carbonyl (C=O) groups is 1. The van der Waals surface area contributed by atoms with Gasteiger partial charge in [0.15, 0.2) is 0 Å². The number of likely N-dealkylation sites (tertiary alicyclic amines) is 1. The van der Waals surface area contributed by atoms with Gasteiger partial charge in [-0.25, -0.2) is 4.98 Å². The number of para-hydroxylation sites is 2. The first-order valence-corrected chi connectivity index (χ1v) is 9.90. The van der Waals surface area contributed by atoms with Crippen LogP contribution in [0.15, 0.2) is 36.4 Å². The van der Waals surface area contributed by atoms with Crippen LogP contribution in [0.2, 0.25) is 0 Å². The fraction of sp³-hybridized carbons (Fsp3) is 0.364. The van der Waals surface area contributed by atoms with Gasteiger partial charge in [-0.05, 0) is 56.0 Å². The van der Waals surface area contributed by atoms with Crippen LogP contribution in [0.3, 0.4) is 0 Å². The molecule has 5 rings (SSSR count). The molecule has 3 heterocycles. The van der Waals surface area contributed by atoms with E-state index in [2.05, 4.69) is 46.5 Å². The van der Waals surface area contributed by atoms with E-state index < -0.39 is 5.54 Å². The van der Waals surface area contributed by atoms with Crippen molar-refractivity contribution in [3.8, 4) is 0 Å². The Labute approximate surface area is 164 Å². The summed E-state index contributed by atoms with van der Waals surface area (Å²) >= 11 is 0. The molecule has 0 aliphatic carbocycles. The molecule has 6 nitrogen and oxygen atoms in total. The largest absolute Gasteiger partial charge is 0.369 e. The normalized spacial score (nSPS) is 18.7. The van der Waals surface area contributed by atoms with Crippen molar-refractivity contribution in [2.75, 3.05) is 23.7 Å². The van der Waals surface area contributed by atoms with Crippen LogP contribution in [0.4, 0.5) is 11.4 Å². The van der Waals surface area contributed by atoms with Gasteiger partial charge in [-0.3, -0.25) is 9.69 Å².